The molecule has 0 bridgehead atoms. The molecule has 8 heteroatoms. The molecule has 0 aromatic carbocycles. The lowest BCUT2D eigenvalue weighted by atomic mass is 9.92. The molecule has 0 saturated heterocycles. The first-order valence-electron chi connectivity index (χ1n) is 8.27. The van der Waals surface area contributed by atoms with Crippen LogP contribution in [-0.4, -0.2) is 47.2 Å². The summed E-state index contributed by atoms with van der Waals surface area (Å²) in [4.78, 5) is 11.6. The van der Waals surface area contributed by atoms with Gasteiger partial charge in [-0.15, -0.1) is 0 Å². The number of fused-ring (bicyclic) bond motifs is 1. The van der Waals surface area contributed by atoms with Crippen molar-refractivity contribution in [2.24, 2.45) is 5.92 Å². The monoisotopic (exact) mass is 338 g/mol. The van der Waals surface area contributed by atoms with Crippen LogP contribution in [0.4, 0.5) is 0 Å². The molecule has 0 radical (unpaired) electrons. The zero-order chi connectivity index (χ0) is 17.4. The van der Waals surface area contributed by atoms with Gasteiger partial charge in [-0.25, -0.2) is 9.97 Å². The predicted molar refractivity (Wildman–Crippen MR) is 89.1 cm³/mol. The minimum Gasteiger partial charge on any atom is -0.393 e. The Kier molecular flexibility index (Phi) is 3.95. The lowest BCUT2D eigenvalue weighted by Crippen LogP contribution is -2.34. The van der Waals surface area contributed by atoms with Crippen molar-refractivity contribution in [1.29, 1.82) is 5.26 Å². The molecule has 1 aliphatic carbocycles. The average molecular weight is 338 g/mol. The first-order valence-corrected chi connectivity index (χ1v) is 8.27. The van der Waals surface area contributed by atoms with E-state index in [0.29, 0.717) is 6.42 Å². The molecule has 3 heterocycles. The molecule has 0 amide bonds. The Morgan fingerprint density at radius 2 is 2.24 bits per heavy atom. The van der Waals surface area contributed by atoms with Crippen LogP contribution in [-0.2, 0) is 0 Å². The summed E-state index contributed by atoms with van der Waals surface area (Å²) in [5.74, 6) is -0.194. The average Bonchev–Trinajstić information content (AvgIpc) is 3.36. The van der Waals surface area contributed by atoms with E-state index in [4.69, 9.17) is 0 Å². The summed E-state index contributed by atoms with van der Waals surface area (Å²) < 4.78 is 1.59. The van der Waals surface area contributed by atoms with Crippen molar-refractivity contribution >= 4 is 11.0 Å². The highest BCUT2D eigenvalue weighted by atomic mass is 16.3. The van der Waals surface area contributed by atoms with Gasteiger partial charge in [0.15, 0.2) is 6.10 Å². The van der Waals surface area contributed by atoms with Gasteiger partial charge in [-0.1, -0.05) is 6.42 Å². The highest BCUT2D eigenvalue weighted by molar-refractivity contribution is 5.89. The number of nitrogens with one attached hydrogen (secondary N) is 1. The molecule has 3 N–H and O–H groups in total. The number of H-pyrrole nitrogens is 1. The second kappa shape index (κ2) is 6.27. The predicted octanol–water partition coefficient (Wildman–Crippen LogP) is 1.41. The molecule has 4 atom stereocenters. The number of aromatic amines is 1. The van der Waals surface area contributed by atoms with E-state index in [-0.39, 0.29) is 5.92 Å². The van der Waals surface area contributed by atoms with E-state index >= 15 is 0 Å². The van der Waals surface area contributed by atoms with Gasteiger partial charge in [0, 0.05) is 29.3 Å². The van der Waals surface area contributed by atoms with Gasteiger partial charge in [0.1, 0.15) is 12.0 Å². The fourth-order valence-electron chi connectivity index (χ4n) is 3.74. The van der Waals surface area contributed by atoms with Crippen molar-refractivity contribution in [3.05, 3.63) is 31.0 Å². The third kappa shape index (κ3) is 2.67. The molecular formula is C17H18N6O2. The molecule has 25 heavy (non-hydrogen) atoms. The van der Waals surface area contributed by atoms with E-state index in [0.717, 1.165) is 35.1 Å². The summed E-state index contributed by atoms with van der Waals surface area (Å²) in [6.45, 7) is 0. The molecule has 1 saturated carbocycles. The largest absolute Gasteiger partial charge is 0.393 e. The molecule has 4 rings (SSSR count). The Hall–Kier alpha value is -2.76. The maximum absolute atomic E-state index is 10.2. The molecule has 128 valence electrons. The van der Waals surface area contributed by atoms with Crippen LogP contribution in [0.1, 0.15) is 25.3 Å². The Labute approximate surface area is 143 Å². The van der Waals surface area contributed by atoms with Crippen LogP contribution in [0.3, 0.4) is 0 Å². The summed E-state index contributed by atoms with van der Waals surface area (Å²) in [7, 11) is 0. The molecule has 8 nitrogen and oxygen atoms in total. The van der Waals surface area contributed by atoms with Crippen LogP contribution < -0.4 is 0 Å². The van der Waals surface area contributed by atoms with E-state index in [1.54, 1.807) is 23.3 Å². The van der Waals surface area contributed by atoms with Crippen LogP contribution in [0, 0.1) is 17.2 Å². The molecule has 1 aliphatic rings. The standard InChI is InChI=1S/C17H18N6O2/c18-6-14(25)16(11-2-1-3-13(11)24)23-8-10(7-22-23)15-12-4-5-19-17(12)21-9-20-15/h4-5,7-9,11,13-14,16,24-25H,1-3H2,(H,19,20,21). The summed E-state index contributed by atoms with van der Waals surface area (Å²) in [6, 6.07) is 3.20. The summed E-state index contributed by atoms with van der Waals surface area (Å²) in [5.41, 5.74) is 2.24. The molecular weight excluding hydrogens is 320 g/mol. The second-order valence-electron chi connectivity index (χ2n) is 6.40. The van der Waals surface area contributed by atoms with E-state index in [1.807, 2.05) is 12.1 Å². The van der Waals surface area contributed by atoms with Gasteiger partial charge in [0.25, 0.3) is 0 Å². The maximum Gasteiger partial charge on any atom is 0.163 e. The number of hydrogen-bond donors (Lipinski definition) is 3. The van der Waals surface area contributed by atoms with Crippen molar-refractivity contribution in [1.82, 2.24) is 24.7 Å². The van der Waals surface area contributed by atoms with Gasteiger partial charge < -0.3 is 15.2 Å². The third-order valence-electron chi connectivity index (χ3n) is 4.96. The minimum absolute atomic E-state index is 0.194. The number of aliphatic hydroxyl groups excluding tert-OH is 2. The fraction of sp³-hybridized carbons (Fsp3) is 0.412. The van der Waals surface area contributed by atoms with Crippen LogP contribution in [0.15, 0.2) is 31.0 Å². The van der Waals surface area contributed by atoms with Crippen molar-refractivity contribution < 1.29 is 10.2 Å². The van der Waals surface area contributed by atoms with E-state index in [2.05, 4.69) is 20.1 Å². The smallest absolute Gasteiger partial charge is 0.163 e. The number of nitriles is 1. The van der Waals surface area contributed by atoms with E-state index in [1.165, 1.54) is 6.33 Å². The van der Waals surface area contributed by atoms with Gasteiger partial charge >= 0.3 is 0 Å². The third-order valence-corrected chi connectivity index (χ3v) is 4.96. The maximum atomic E-state index is 10.2. The van der Waals surface area contributed by atoms with Gasteiger partial charge in [0.05, 0.1) is 30.1 Å². The summed E-state index contributed by atoms with van der Waals surface area (Å²) in [6.07, 6.45) is 7.26. The summed E-state index contributed by atoms with van der Waals surface area (Å²) >= 11 is 0. The first-order chi connectivity index (χ1) is 12.2. The SMILES string of the molecule is N#CC(O)C(C1CCCC1O)n1cc(-c2ncnc3[nH]ccc23)cn1. The fourth-order valence-corrected chi connectivity index (χ4v) is 3.74. The van der Waals surface area contributed by atoms with Crippen molar-refractivity contribution in [3.63, 3.8) is 0 Å². The number of rotatable bonds is 4. The number of hydrogen-bond acceptors (Lipinski definition) is 6. The molecule has 0 aliphatic heterocycles. The van der Waals surface area contributed by atoms with E-state index < -0.39 is 18.2 Å². The zero-order valence-corrected chi connectivity index (χ0v) is 13.4. The highest BCUT2D eigenvalue weighted by Gasteiger charge is 2.38. The van der Waals surface area contributed by atoms with Crippen LogP contribution in [0.2, 0.25) is 0 Å². The summed E-state index contributed by atoms with van der Waals surface area (Å²) in [5, 5.41) is 34.9. The van der Waals surface area contributed by atoms with Crippen molar-refractivity contribution in [3.8, 4) is 17.3 Å². The highest BCUT2D eigenvalue weighted by Crippen LogP contribution is 2.37. The number of aromatic nitrogens is 5. The molecule has 1 fully saturated rings. The molecule has 3 aromatic rings. The van der Waals surface area contributed by atoms with Gasteiger partial charge in [-0.3, -0.25) is 4.68 Å². The first kappa shape index (κ1) is 15.7. The second-order valence-corrected chi connectivity index (χ2v) is 6.40. The number of aliphatic hydroxyl groups is 2. The van der Waals surface area contributed by atoms with Crippen LogP contribution in [0.5, 0.6) is 0 Å². The Morgan fingerprint density at radius 1 is 1.36 bits per heavy atom. The Balaban J connectivity index is 1.74. The van der Waals surface area contributed by atoms with Gasteiger partial charge in [-0.2, -0.15) is 10.4 Å². The quantitative estimate of drug-likeness (QED) is 0.618. The van der Waals surface area contributed by atoms with Gasteiger partial charge in [-0.05, 0) is 18.9 Å². The number of nitrogens with zero attached hydrogens (tertiary/aromatic N) is 5. The Bertz CT molecular complexity index is 927. The normalized spacial score (nSPS) is 22.8. The molecule has 4 unspecified atom stereocenters. The minimum atomic E-state index is -1.23. The van der Waals surface area contributed by atoms with Crippen molar-refractivity contribution in [2.75, 3.05) is 0 Å². The lowest BCUT2D eigenvalue weighted by molar-refractivity contribution is 0.0465. The molecule has 0 spiro atoms. The lowest BCUT2D eigenvalue weighted by Gasteiger charge is -2.27. The van der Waals surface area contributed by atoms with Crippen molar-refractivity contribution in [2.45, 2.75) is 37.5 Å². The Morgan fingerprint density at radius 3 is 3.00 bits per heavy atom. The van der Waals surface area contributed by atoms with Crippen LogP contribution in [0.25, 0.3) is 22.3 Å². The molecule has 3 aromatic heterocycles. The zero-order valence-electron chi connectivity index (χ0n) is 13.4. The van der Waals surface area contributed by atoms with Gasteiger partial charge in [0.2, 0.25) is 0 Å². The van der Waals surface area contributed by atoms with Crippen LogP contribution >= 0.6 is 0 Å². The topological polar surface area (TPSA) is 124 Å². The van der Waals surface area contributed by atoms with E-state index in [9.17, 15) is 15.5 Å².